The van der Waals surface area contributed by atoms with E-state index in [0.29, 0.717) is 12.1 Å². The Morgan fingerprint density at radius 1 is 1.09 bits per heavy atom. The third-order valence-corrected chi connectivity index (χ3v) is 5.60. The number of carbonyl (C=O) groups excluding carboxylic acids is 1. The van der Waals surface area contributed by atoms with E-state index in [1.54, 1.807) is 0 Å². The molecule has 0 saturated heterocycles. The zero-order valence-electron chi connectivity index (χ0n) is 17.1. The topological polar surface area (TPSA) is 78.2 Å². The third kappa shape index (κ3) is 4.13. The molecule has 0 saturated carbocycles. The van der Waals surface area contributed by atoms with Gasteiger partial charge in [0.2, 0.25) is 12.1 Å². The number of carbonyl (C=O) groups is 1. The van der Waals surface area contributed by atoms with E-state index < -0.39 is 4.92 Å². The van der Waals surface area contributed by atoms with Gasteiger partial charge in [0.1, 0.15) is 12.3 Å². The molecule has 1 aliphatic rings. The first-order valence-electron chi connectivity index (χ1n) is 10.1. The van der Waals surface area contributed by atoms with Crippen LogP contribution in [0.25, 0.3) is 11.0 Å². The van der Waals surface area contributed by atoms with Crippen LogP contribution in [-0.4, -0.2) is 21.9 Å². The molecule has 2 heterocycles. The summed E-state index contributed by atoms with van der Waals surface area (Å²) in [5.74, 6) is 0.863. The van der Waals surface area contributed by atoms with Gasteiger partial charge in [-0.3, -0.25) is 14.9 Å². The van der Waals surface area contributed by atoms with Crippen LogP contribution < -0.4 is 26.3 Å². The molecule has 1 aromatic heterocycles. The molecule has 0 bridgehead atoms. The minimum Gasteiger partial charge on any atom is -1.00 e. The van der Waals surface area contributed by atoms with Gasteiger partial charge in [0.15, 0.2) is 17.6 Å². The normalized spacial score (nSPS) is 12.1. The van der Waals surface area contributed by atoms with E-state index >= 15 is 0 Å². The number of ether oxygens (including phenoxy) is 1. The standard InChI is InChI=1S/C24H20N3O4.BrH/c28-23(18-6-8-20(9-7-18)27(29)30)15-26-16-25(21-3-1-2-4-22(21)26)14-17-5-10-24-19(13-17)11-12-31-24;/h1-10,13,16H,11-12,14-15H2;1H/q+1;/p-1. The zero-order chi connectivity index (χ0) is 21.4. The Balaban J connectivity index is 0.00000245. The maximum Gasteiger partial charge on any atom is 0.269 e. The van der Waals surface area contributed by atoms with Crippen molar-refractivity contribution < 1.29 is 36.0 Å². The minimum atomic E-state index is -0.471. The highest BCUT2D eigenvalue weighted by molar-refractivity contribution is 5.96. The average Bonchev–Trinajstić information content (AvgIpc) is 3.38. The van der Waals surface area contributed by atoms with Crippen molar-refractivity contribution in [2.24, 2.45) is 0 Å². The lowest BCUT2D eigenvalue weighted by molar-refractivity contribution is -0.663. The van der Waals surface area contributed by atoms with Gasteiger partial charge in [0.25, 0.3) is 5.69 Å². The molecule has 32 heavy (non-hydrogen) atoms. The van der Waals surface area contributed by atoms with Gasteiger partial charge in [0, 0.05) is 24.1 Å². The van der Waals surface area contributed by atoms with Crippen LogP contribution in [-0.2, 0) is 19.5 Å². The van der Waals surface area contributed by atoms with Crippen LogP contribution in [0.1, 0.15) is 21.5 Å². The second kappa shape index (κ2) is 8.92. The molecule has 7 nitrogen and oxygen atoms in total. The summed E-state index contributed by atoms with van der Waals surface area (Å²) in [5.41, 5.74) is 4.83. The summed E-state index contributed by atoms with van der Waals surface area (Å²) in [7, 11) is 0. The largest absolute Gasteiger partial charge is 1.00 e. The number of para-hydroxylation sites is 2. The van der Waals surface area contributed by atoms with Gasteiger partial charge in [0.05, 0.1) is 11.5 Å². The molecule has 1 aliphatic heterocycles. The molecule has 4 aromatic rings. The number of aromatic nitrogens is 2. The first-order valence-corrected chi connectivity index (χ1v) is 10.1. The van der Waals surface area contributed by atoms with Crippen molar-refractivity contribution in [2.45, 2.75) is 19.5 Å². The second-order valence-corrected chi connectivity index (χ2v) is 7.63. The molecule has 0 N–H and O–H groups in total. The number of nitrogens with zero attached hydrogens (tertiary/aromatic N) is 3. The summed E-state index contributed by atoms with van der Waals surface area (Å²) >= 11 is 0. The Hall–Kier alpha value is -3.52. The van der Waals surface area contributed by atoms with Crippen molar-refractivity contribution in [3.8, 4) is 5.75 Å². The molecule has 5 rings (SSSR count). The number of nitro benzene ring substituents is 1. The molecule has 0 spiro atoms. The summed E-state index contributed by atoms with van der Waals surface area (Å²) < 4.78 is 9.66. The Morgan fingerprint density at radius 2 is 1.88 bits per heavy atom. The van der Waals surface area contributed by atoms with Crippen LogP contribution in [0.4, 0.5) is 5.69 Å². The van der Waals surface area contributed by atoms with Crippen LogP contribution in [0.5, 0.6) is 5.75 Å². The zero-order valence-corrected chi connectivity index (χ0v) is 18.7. The summed E-state index contributed by atoms with van der Waals surface area (Å²) in [4.78, 5) is 23.2. The highest BCUT2D eigenvalue weighted by Crippen LogP contribution is 2.26. The number of nitro groups is 1. The van der Waals surface area contributed by atoms with Gasteiger partial charge < -0.3 is 21.7 Å². The van der Waals surface area contributed by atoms with Crippen molar-refractivity contribution in [1.29, 1.82) is 0 Å². The number of halogens is 1. The van der Waals surface area contributed by atoms with E-state index in [4.69, 9.17) is 4.74 Å². The smallest absolute Gasteiger partial charge is 0.269 e. The fraction of sp³-hybridized carbons (Fsp3) is 0.167. The van der Waals surface area contributed by atoms with Crippen LogP contribution in [0, 0.1) is 10.1 Å². The van der Waals surface area contributed by atoms with Gasteiger partial charge in [-0.05, 0) is 47.5 Å². The number of benzene rings is 3. The predicted octanol–water partition coefficient (Wildman–Crippen LogP) is 0.707. The monoisotopic (exact) mass is 493 g/mol. The van der Waals surface area contributed by atoms with Crippen molar-refractivity contribution >= 4 is 22.5 Å². The number of imidazole rings is 1. The first-order chi connectivity index (χ1) is 15.1. The van der Waals surface area contributed by atoms with E-state index in [2.05, 4.69) is 16.7 Å². The molecule has 8 heteroatoms. The fourth-order valence-electron chi connectivity index (χ4n) is 4.04. The molecular weight excluding hydrogens is 474 g/mol. The molecule has 0 fully saturated rings. The molecule has 3 aromatic carbocycles. The van der Waals surface area contributed by atoms with Crippen LogP contribution in [0.3, 0.4) is 0 Å². The molecule has 0 atom stereocenters. The highest BCUT2D eigenvalue weighted by atomic mass is 79.9. The Bertz CT molecular complexity index is 1310. The minimum absolute atomic E-state index is 0. The van der Waals surface area contributed by atoms with Gasteiger partial charge in [-0.1, -0.05) is 18.2 Å². The number of non-ortho nitro benzene ring substituents is 1. The second-order valence-electron chi connectivity index (χ2n) is 7.63. The summed E-state index contributed by atoms with van der Waals surface area (Å²) in [6.45, 7) is 1.58. The lowest BCUT2D eigenvalue weighted by atomic mass is 10.1. The van der Waals surface area contributed by atoms with Crippen LogP contribution >= 0.6 is 0 Å². The summed E-state index contributed by atoms with van der Waals surface area (Å²) in [6, 6.07) is 20.0. The van der Waals surface area contributed by atoms with Crippen molar-refractivity contribution in [1.82, 2.24) is 4.57 Å². The van der Waals surface area contributed by atoms with Gasteiger partial charge >= 0.3 is 0 Å². The van der Waals surface area contributed by atoms with Crippen LogP contribution in [0.15, 0.2) is 73.1 Å². The fourth-order valence-corrected chi connectivity index (χ4v) is 4.04. The van der Waals surface area contributed by atoms with Gasteiger partial charge in [-0.25, -0.2) is 9.13 Å². The van der Waals surface area contributed by atoms with E-state index in [0.717, 1.165) is 29.8 Å². The third-order valence-electron chi connectivity index (χ3n) is 5.60. The molecular formula is C24H20BrN3O4. The Labute approximate surface area is 194 Å². The molecule has 0 amide bonds. The number of fused-ring (bicyclic) bond motifs is 2. The summed E-state index contributed by atoms with van der Waals surface area (Å²) in [5, 5.41) is 10.8. The van der Waals surface area contributed by atoms with Crippen LogP contribution in [0.2, 0.25) is 0 Å². The maximum absolute atomic E-state index is 12.8. The van der Waals surface area contributed by atoms with E-state index in [1.165, 1.54) is 35.4 Å². The SMILES string of the molecule is O=C(Cn1c[n+](Cc2ccc3c(c2)CCO3)c2ccccc21)c1ccc([N+](=O)[O-])cc1.[Br-]. The number of rotatable bonds is 6. The number of ketones is 1. The Kier molecular flexibility index (Phi) is 6.05. The van der Waals surface area contributed by atoms with Crippen molar-refractivity contribution in [2.75, 3.05) is 6.61 Å². The molecule has 0 aliphatic carbocycles. The summed E-state index contributed by atoms with van der Waals surface area (Å²) in [6.07, 6.45) is 2.89. The van der Waals surface area contributed by atoms with Gasteiger partial charge in [-0.2, -0.15) is 0 Å². The van der Waals surface area contributed by atoms with E-state index in [9.17, 15) is 14.9 Å². The number of hydrogen-bond donors (Lipinski definition) is 0. The van der Waals surface area contributed by atoms with Crippen molar-refractivity contribution in [3.63, 3.8) is 0 Å². The quantitative estimate of drug-likeness (QED) is 0.171. The highest BCUT2D eigenvalue weighted by Gasteiger charge is 2.20. The van der Waals surface area contributed by atoms with E-state index in [-0.39, 0.29) is 35.0 Å². The molecule has 162 valence electrons. The molecule has 0 radical (unpaired) electrons. The first kappa shape index (κ1) is 21.7. The maximum atomic E-state index is 12.8. The van der Waals surface area contributed by atoms with Crippen molar-refractivity contribution in [3.05, 3.63) is 99.9 Å². The Morgan fingerprint density at radius 3 is 2.66 bits per heavy atom. The molecule has 0 unspecified atom stereocenters. The number of hydrogen-bond acceptors (Lipinski definition) is 4. The van der Waals surface area contributed by atoms with E-state index in [1.807, 2.05) is 41.2 Å². The lowest BCUT2D eigenvalue weighted by Gasteiger charge is -2.02. The average molecular weight is 494 g/mol. The predicted molar refractivity (Wildman–Crippen MR) is 114 cm³/mol. The lowest BCUT2D eigenvalue weighted by Crippen LogP contribution is -3.00. The van der Waals surface area contributed by atoms with Gasteiger partial charge in [-0.15, -0.1) is 0 Å². The number of Topliss-reactive ketones (excluding diaryl/α,β-unsaturated/α-hetero) is 1.